The van der Waals surface area contributed by atoms with E-state index >= 15 is 0 Å². The molecular formula is C28H30N4O4S. The molecule has 1 aromatic heterocycles. The summed E-state index contributed by atoms with van der Waals surface area (Å²) < 4.78 is 5.62. The highest BCUT2D eigenvalue weighted by Crippen LogP contribution is 2.35. The van der Waals surface area contributed by atoms with E-state index < -0.39 is 11.9 Å². The maximum atomic E-state index is 12.9. The molecule has 1 saturated carbocycles. The molecule has 1 atom stereocenters. The van der Waals surface area contributed by atoms with Gasteiger partial charge in [-0.05, 0) is 48.1 Å². The van der Waals surface area contributed by atoms with E-state index in [1.54, 1.807) is 18.2 Å². The molecule has 0 spiro atoms. The van der Waals surface area contributed by atoms with Crippen molar-refractivity contribution in [2.45, 2.75) is 31.7 Å². The average molecular weight is 519 g/mol. The van der Waals surface area contributed by atoms with Gasteiger partial charge in [0, 0.05) is 11.4 Å². The number of carbonyl (C=O) groups excluding carboxylic acids is 3. The first-order valence-corrected chi connectivity index (χ1v) is 13.0. The third-order valence-electron chi connectivity index (χ3n) is 6.28. The van der Waals surface area contributed by atoms with Gasteiger partial charge in [-0.1, -0.05) is 67.5 Å². The van der Waals surface area contributed by atoms with Crippen LogP contribution in [0.2, 0.25) is 0 Å². The minimum atomic E-state index is -0.756. The molecule has 6 N–H and O–H groups in total. The number of urea groups is 1. The Balaban J connectivity index is 1.38. The normalized spacial score (nSPS) is 14.5. The van der Waals surface area contributed by atoms with Crippen molar-refractivity contribution in [1.29, 1.82) is 0 Å². The molecule has 9 heteroatoms. The number of hydrogen-bond acceptors (Lipinski definition) is 6. The van der Waals surface area contributed by atoms with Gasteiger partial charge < -0.3 is 21.5 Å². The van der Waals surface area contributed by atoms with Gasteiger partial charge in [-0.25, -0.2) is 9.59 Å². The largest absolute Gasteiger partial charge is 0.425 e. The predicted octanol–water partition coefficient (Wildman–Crippen LogP) is 4.77. The lowest BCUT2D eigenvalue weighted by Gasteiger charge is -2.22. The third kappa shape index (κ3) is 7.05. The van der Waals surface area contributed by atoms with E-state index in [1.807, 2.05) is 54.6 Å². The average Bonchev–Trinajstić information content (AvgIpc) is 3.55. The summed E-state index contributed by atoms with van der Waals surface area (Å²) in [5.41, 5.74) is 12.7. The maximum absolute atomic E-state index is 12.9. The van der Waals surface area contributed by atoms with E-state index in [4.69, 9.17) is 16.2 Å². The number of nitrogens with two attached hydrogens (primary N) is 2. The minimum absolute atomic E-state index is 0.219. The van der Waals surface area contributed by atoms with Gasteiger partial charge in [-0.15, -0.1) is 11.3 Å². The van der Waals surface area contributed by atoms with E-state index in [9.17, 15) is 14.4 Å². The molecule has 3 amide bonds. The summed E-state index contributed by atoms with van der Waals surface area (Å²) in [5.74, 6) is -0.0535. The van der Waals surface area contributed by atoms with E-state index in [2.05, 4.69) is 10.6 Å². The van der Waals surface area contributed by atoms with Gasteiger partial charge in [0.15, 0.2) is 0 Å². The van der Waals surface area contributed by atoms with Crippen LogP contribution >= 0.6 is 11.3 Å². The van der Waals surface area contributed by atoms with E-state index in [-0.39, 0.29) is 23.5 Å². The van der Waals surface area contributed by atoms with Crippen LogP contribution in [-0.4, -0.2) is 30.5 Å². The van der Waals surface area contributed by atoms with Crippen LogP contribution in [0.4, 0.5) is 9.80 Å². The second kappa shape index (κ2) is 12.3. The Kier molecular flexibility index (Phi) is 8.71. The molecule has 0 saturated heterocycles. The Morgan fingerprint density at radius 3 is 2.38 bits per heavy atom. The number of ether oxygens (including phenoxy) is 1. The van der Waals surface area contributed by atoms with Crippen molar-refractivity contribution >= 4 is 40.3 Å². The molecule has 8 nitrogen and oxygen atoms in total. The molecule has 3 aromatic rings. The molecule has 0 aliphatic heterocycles. The quantitative estimate of drug-likeness (QED) is 0.226. The van der Waals surface area contributed by atoms with Crippen LogP contribution in [0.15, 0.2) is 66.7 Å². The highest BCUT2D eigenvalue weighted by Gasteiger charge is 2.31. The topological polar surface area (TPSA) is 137 Å². The number of esters is 1. The summed E-state index contributed by atoms with van der Waals surface area (Å²) in [6.45, 7) is 0.530. The Labute approximate surface area is 219 Å². The molecule has 1 aliphatic rings. The minimum Gasteiger partial charge on any atom is -0.425 e. The second-order valence-corrected chi connectivity index (χ2v) is 9.95. The first kappa shape index (κ1) is 26.1. The van der Waals surface area contributed by atoms with Gasteiger partial charge in [-0.3, -0.25) is 10.1 Å². The first-order valence-electron chi connectivity index (χ1n) is 12.2. The maximum Gasteiger partial charge on any atom is 0.328 e. The summed E-state index contributed by atoms with van der Waals surface area (Å²) in [5, 5.41) is 6.15. The second-order valence-electron chi connectivity index (χ2n) is 8.90. The Morgan fingerprint density at radius 1 is 1.03 bits per heavy atom. The molecule has 2 aromatic carbocycles. The van der Waals surface area contributed by atoms with Gasteiger partial charge >= 0.3 is 12.0 Å². The van der Waals surface area contributed by atoms with Crippen LogP contribution in [0.25, 0.3) is 16.5 Å². The monoisotopic (exact) mass is 518 g/mol. The summed E-state index contributed by atoms with van der Waals surface area (Å²) in [4.78, 5) is 36.6. The molecule has 1 aliphatic carbocycles. The van der Waals surface area contributed by atoms with E-state index in [1.165, 1.54) is 11.3 Å². The van der Waals surface area contributed by atoms with Crippen molar-refractivity contribution in [2.24, 2.45) is 17.4 Å². The highest BCUT2D eigenvalue weighted by molar-refractivity contribution is 7.20. The molecule has 0 radical (unpaired) electrons. The van der Waals surface area contributed by atoms with Crippen molar-refractivity contribution in [2.75, 3.05) is 11.9 Å². The molecule has 4 rings (SSSR count). The summed E-state index contributed by atoms with van der Waals surface area (Å²) >= 11 is 1.23. The fraction of sp³-hybridized carbons (Fsp3) is 0.250. The van der Waals surface area contributed by atoms with Gasteiger partial charge in [0.25, 0.3) is 5.91 Å². The lowest BCUT2D eigenvalue weighted by atomic mass is 9.98. The molecular weight excluding hydrogens is 488 g/mol. The number of hydrogen-bond donors (Lipinski definition) is 4. The molecule has 192 valence electrons. The van der Waals surface area contributed by atoms with Crippen molar-refractivity contribution in [3.05, 3.63) is 77.9 Å². The molecule has 37 heavy (non-hydrogen) atoms. The molecule has 0 bridgehead atoms. The van der Waals surface area contributed by atoms with E-state index in [0.29, 0.717) is 17.3 Å². The lowest BCUT2D eigenvalue weighted by Crippen LogP contribution is -2.44. The number of thiophene rings is 1. The predicted molar refractivity (Wildman–Crippen MR) is 146 cm³/mol. The van der Waals surface area contributed by atoms with Crippen molar-refractivity contribution in [3.63, 3.8) is 0 Å². The summed E-state index contributed by atoms with van der Waals surface area (Å²) in [7, 11) is 0. The van der Waals surface area contributed by atoms with Crippen molar-refractivity contribution in [1.82, 2.24) is 5.32 Å². The Hall–Kier alpha value is -3.95. The van der Waals surface area contributed by atoms with Crippen LogP contribution in [-0.2, 0) is 4.79 Å². The zero-order valence-corrected chi connectivity index (χ0v) is 21.1. The van der Waals surface area contributed by atoms with Crippen LogP contribution < -0.4 is 26.8 Å². The number of anilines is 1. The van der Waals surface area contributed by atoms with E-state index in [0.717, 1.165) is 41.7 Å². The molecule has 1 unspecified atom stereocenters. The number of carbonyl (C=O) groups is 3. The van der Waals surface area contributed by atoms with Crippen LogP contribution in [0, 0.1) is 5.92 Å². The smallest absolute Gasteiger partial charge is 0.328 e. The Bertz CT molecular complexity index is 1270. The van der Waals surface area contributed by atoms with Gasteiger partial charge in [0.05, 0.1) is 5.56 Å². The van der Waals surface area contributed by atoms with Gasteiger partial charge in [0.2, 0.25) is 0 Å². The third-order valence-corrected chi connectivity index (χ3v) is 7.38. The van der Waals surface area contributed by atoms with Gasteiger partial charge in [0.1, 0.15) is 16.8 Å². The summed E-state index contributed by atoms with van der Waals surface area (Å²) in [6, 6.07) is 17.4. The highest BCUT2D eigenvalue weighted by atomic mass is 32.1. The number of primary amides is 2. The Morgan fingerprint density at radius 2 is 1.73 bits per heavy atom. The standard InChI is InChI=1S/C28H30N4O4S/c29-25(33)22-17-23(37-26(22)32-28(30)35)19-14-12-18(13-15-19)7-6-16-31-24(20-8-4-5-9-20)27(34)36-21-10-2-1-3-11-21/h1-3,6-7,10-15,17,20,24,31H,4-5,8-9,16H2,(H2,29,33)(H3,30,32,35)/b7-6+. The van der Waals surface area contributed by atoms with Crippen molar-refractivity contribution < 1.29 is 19.1 Å². The van der Waals surface area contributed by atoms with Crippen molar-refractivity contribution in [3.8, 4) is 16.2 Å². The zero-order chi connectivity index (χ0) is 26.2. The number of nitrogens with one attached hydrogen (secondary N) is 2. The molecule has 1 fully saturated rings. The van der Waals surface area contributed by atoms with Crippen LogP contribution in [0.5, 0.6) is 5.75 Å². The SMILES string of the molecule is NC(=O)Nc1sc(-c2ccc(/C=C/CNC(C(=O)Oc3ccccc3)C3CCCC3)cc2)cc1C(N)=O. The van der Waals surface area contributed by atoms with Gasteiger partial charge in [-0.2, -0.15) is 0 Å². The number of rotatable bonds is 10. The summed E-state index contributed by atoms with van der Waals surface area (Å²) in [6.07, 6.45) is 8.27. The molecule has 1 heterocycles. The van der Waals surface area contributed by atoms with Crippen LogP contribution in [0.1, 0.15) is 41.6 Å². The van der Waals surface area contributed by atoms with Crippen LogP contribution in [0.3, 0.4) is 0 Å². The fourth-order valence-electron chi connectivity index (χ4n) is 4.47. The number of amides is 3. The number of benzene rings is 2. The fourth-order valence-corrected chi connectivity index (χ4v) is 5.54. The zero-order valence-electron chi connectivity index (χ0n) is 20.3. The lowest BCUT2D eigenvalue weighted by molar-refractivity contribution is -0.138. The first-order chi connectivity index (χ1) is 17.9. The number of para-hydroxylation sites is 1.